The number of hydrogen-bond donors (Lipinski definition) is 1. The molecule has 3 atom stereocenters. The van der Waals surface area contributed by atoms with E-state index in [-0.39, 0.29) is 0 Å². The van der Waals surface area contributed by atoms with E-state index in [1.54, 1.807) is 0 Å². The highest BCUT2D eigenvalue weighted by molar-refractivity contribution is 7.10. The van der Waals surface area contributed by atoms with Crippen LogP contribution in [0.5, 0.6) is 0 Å². The van der Waals surface area contributed by atoms with E-state index in [4.69, 9.17) is 0 Å². The summed E-state index contributed by atoms with van der Waals surface area (Å²) in [5.41, 5.74) is 0. The fraction of sp³-hybridized carbons (Fsp3) is 0.750. The third kappa shape index (κ3) is 4.74. The second kappa shape index (κ2) is 7.96. The number of hydrogen-bond acceptors (Lipinski definition) is 2. The molecule has 0 aliphatic heterocycles. The maximum atomic E-state index is 3.88. The molecule has 1 aromatic heterocycles. The molecular formula is C16H29NS. The summed E-state index contributed by atoms with van der Waals surface area (Å²) >= 11 is 1.87. The van der Waals surface area contributed by atoms with Crippen LogP contribution in [-0.4, -0.2) is 6.04 Å². The first-order valence-corrected chi connectivity index (χ1v) is 8.25. The zero-order valence-corrected chi connectivity index (χ0v) is 13.4. The van der Waals surface area contributed by atoms with Crippen LogP contribution >= 0.6 is 11.3 Å². The molecule has 104 valence electrons. The van der Waals surface area contributed by atoms with Gasteiger partial charge in [0.2, 0.25) is 0 Å². The van der Waals surface area contributed by atoms with Gasteiger partial charge in [0, 0.05) is 17.0 Å². The molecule has 0 saturated heterocycles. The van der Waals surface area contributed by atoms with Crippen molar-refractivity contribution < 1.29 is 0 Å². The smallest absolute Gasteiger partial charge is 0.0440 e. The van der Waals surface area contributed by atoms with Crippen molar-refractivity contribution in [3.05, 3.63) is 22.4 Å². The molecule has 1 aromatic rings. The molecular weight excluding hydrogens is 238 g/mol. The molecule has 1 heterocycles. The first-order chi connectivity index (χ1) is 8.58. The Kier molecular flexibility index (Phi) is 6.95. The van der Waals surface area contributed by atoms with Crippen LogP contribution in [0.4, 0.5) is 0 Å². The minimum absolute atomic E-state index is 0.513. The lowest BCUT2D eigenvalue weighted by molar-refractivity contribution is 0.313. The second-order valence-electron chi connectivity index (χ2n) is 5.76. The van der Waals surface area contributed by atoms with Gasteiger partial charge in [-0.1, -0.05) is 47.1 Å². The van der Waals surface area contributed by atoms with E-state index in [9.17, 15) is 0 Å². The van der Waals surface area contributed by atoms with Crippen molar-refractivity contribution >= 4 is 11.3 Å². The average molecular weight is 267 g/mol. The normalized spacial score (nSPS) is 16.8. The lowest BCUT2D eigenvalue weighted by Crippen LogP contribution is -2.35. The monoisotopic (exact) mass is 267 g/mol. The highest BCUT2D eigenvalue weighted by atomic mass is 32.1. The fourth-order valence-corrected chi connectivity index (χ4v) is 3.29. The Hall–Kier alpha value is -0.340. The van der Waals surface area contributed by atoms with Gasteiger partial charge < -0.3 is 5.32 Å². The summed E-state index contributed by atoms with van der Waals surface area (Å²) in [7, 11) is 0. The summed E-state index contributed by atoms with van der Waals surface area (Å²) in [6.07, 6.45) is 3.80. The zero-order chi connectivity index (χ0) is 13.5. The van der Waals surface area contributed by atoms with Gasteiger partial charge in [0.15, 0.2) is 0 Å². The average Bonchev–Trinajstić information content (AvgIpc) is 2.86. The maximum absolute atomic E-state index is 3.88. The van der Waals surface area contributed by atoms with Gasteiger partial charge in [-0.25, -0.2) is 0 Å². The third-order valence-corrected chi connectivity index (χ3v) is 4.76. The molecule has 0 bridgehead atoms. The minimum atomic E-state index is 0.513. The van der Waals surface area contributed by atoms with Gasteiger partial charge in [-0.2, -0.15) is 0 Å². The highest BCUT2D eigenvalue weighted by Gasteiger charge is 2.20. The predicted octanol–water partition coefficient (Wildman–Crippen LogP) is 5.25. The van der Waals surface area contributed by atoms with Crippen molar-refractivity contribution in [2.75, 3.05) is 0 Å². The lowest BCUT2D eigenvalue weighted by atomic mass is 9.95. The second-order valence-corrected chi connectivity index (χ2v) is 6.74. The molecule has 1 nitrogen and oxygen atoms in total. The van der Waals surface area contributed by atoms with E-state index < -0.39 is 0 Å². The van der Waals surface area contributed by atoms with Crippen LogP contribution in [0.25, 0.3) is 0 Å². The molecule has 1 N–H and O–H groups in total. The minimum Gasteiger partial charge on any atom is -0.306 e. The van der Waals surface area contributed by atoms with Crippen LogP contribution < -0.4 is 5.32 Å². The van der Waals surface area contributed by atoms with E-state index in [0.29, 0.717) is 18.0 Å². The topological polar surface area (TPSA) is 12.0 Å². The fourth-order valence-electron chi connectivity index (χ4n) is 2.33. The van der Waals surface area contributed by atoms with Gasteiger partial charge in [-0.15, -0.1) is 11.3 Å². The Labute approximate surface area is 117 Å². The van der Waals surface area contributed by atoms with Crippen molar-refractivity contribution in [1.82, 2.24) is 5.32 Å². The molecule has 0 amide bonds. The van der Waals surface area contributed by atoms with Crippen LogP contribution in [0.1, 0.15) is 64.8 Å². The van der Waals surface area contributed by atoms with E-state index in [0.717, 1.165) is 5.92 Å². The quantitative estimate of drug-likeness (QED) is 0.678. The molecule has 0 fully saturated rings. The maximum Gasteiger partial charge on any atom is 0.0440 e. The van der Waals surface area contributed by atoms with Gasteiger partial charge in [0.05, 0.1) is 0 Å². The molecule has 2 heteroatoms. The summed E-state index contributed by atoms with van der Waals surface area (Å²) in [4.78, 5) is 1.48. The molecule has 18 heavy (non-hydrogen) atoms. The Morgan fingerprint density at radius 3 is 2.33 bits per heavy atom. The predicted molar refractivity (Wildman–Crippen MR) is 83.2 cm³/mol. The highest BCUT2D eigenvalue weighted by Crippen LogP contribution is 2.27. The van der Waals surface area contributed by atoms with Crippen molar-refractivity contribution in [2.24, 2.45) is 11.8 Å². The Balaban J connectivity index is 2.64. The van der Waals surface area contributed by atoms with Gasteiger partial charge in [0.25, 0.3) is 0 Å². The Bertz CT molecular complexity index is 305. The molecule has 1 rings (SSSR count). The van der Waals surface area contributed by atoms with Gasteiger partial charge >= 0.3 is 0 Å². The molecule has 0 aromatic carbocycles. The number of thiophene rings is 1. The molecule has 0 aliphatic rings. The molecule has 0 radical (unpaired) electrons. The van der Waals surface area contributed by atoms with Gasteiger partial charge in [-0.05, 0) is 36.1 Å². The van der Waals surface area contributed by atoms with E-state index >= 15 is 0 Å². The van der Waals surface area contributed by atoms with Crippen molar-refractivity contribution in [3.63, 3.8) is 0 Å². The summed E-state index contributed by atoms with van der Waals surface area (Å²) in [6.45, 7) is 11.6. The Morgan fingerprint density at radius 2 is 1.89 bits per heavy atom. The molecule has 3 unspecified atom stereocenters. The molecule has 0 spiro atoms. The van der Waals surface area contributed by atoms with Crippen molar-refractivity contribution in [3.8, 4) is 0 Å². The van der Waals surface area contributed by atoms with Crippen LogP contribution in [0.15, 0.2) is 17.5 Å². The molecule has 0 aliphatic carbocycles. The van der Waals surface area contributed by atoms with Crippen LogP contribution in [0.2, 0.25) is 0 Å². The van der Waals surface area contributed by atoms with Crippen LogP contribution in [-0.2, 0) is 0 Å². The SMILES string of the molecule is CCC(C)CC(CC)NC(c1cccs1)C(C)C. The third-order valence-electron chi connectivity index (χ3n) is 3.81. The van der Waals surface area contributed by atoms with Gasteiger partial charge in [-0.3, -0.25) is 0 Å². The molecule has 0 saturated carbocycles. The van der Waals surface area contributed by atoms with Crippen LogP contribution in [0, 0.1) is 11.8 Å². The standard InChI is InChI=1S/C16H29NS/c1-6-13(5)11-14(7-2)17-16(12(3)4)15-9-8-10-18-15/h8-10,12-14,16-17H,6-7,11H2,1-5H3. The van der Waals surface area contributed by atoms with Crippen molar-refractivity contribution in [2.45, 2.75) is 66.0 Å². The first kappa shape index (κ1) is 15.7. The first-order valence-electron chi connectivity index (χ1n) is 7.37. The summed E-state index contributed by atoms with van der Waals surface area (Å²) in [5, 5.41) is 6.06. The zero-order valence-electron chi connectivity index (χ0n) is 12.6. The van der Waals surface area contributed by atoms with E-state index in [1.165, 1.54) is 24.1 Å². The number of rotatable bonds is 8. The number of nitrogens with one attached hydrogen (secondary N) is 1. The summed E-state index contributed by atoms with van der Waals surface area (Å²) in [5.74, 6) is 1.47. The lowest BCUT2D eigenvalue weighted by Gasteiger charge is -2.28. The van der Waals surface area contributed by atoms with Crippen molar-refractivity contribution in [1.29, 1.82) is 0 Å². The Morgan fingerprint density at radius 1 is 1.17 bits per heavy atom. The van der Waals surface area contributed by atoms with Crippen LogP contribution in [0.3, 0.4) is 0 Å². The van der Waals surface area contributed by atoms with E-state index in [2.05, 4.69) is 57.4 Å². The van der Waals surface area contributed by atoms with Gasteiger partial charge in [0.1, 0.15) is 0 Å². The largest absolute Gasteiger partial charge is 0.306 e. The summed E-state index contributed by atoms with van der Waals surface area (Å²) in [6, 6.07) is 5.58. The van der Waals surface area contributed by atoms with E-state index in [1.807, 2.05) is 11.3 Å². The summed E-state index contributed by atoms with van der Waals surface area (Å²) < 4.78 is 0.